The summed E-state index contributed by atoms with van der Waals surface area (Å²) >= 11 is 5.78. The number of hydrogen-bond donors (Lipinski definition) is 1. The van der Waals surface area contributed by atoms with Crippen LogP contribution >= 0.6 is 24.0 Å². The molecule has 0 aromatic heterocycles. The molecule has 0 radical (unpaired) electrons. The van der Waals surface area contributed by atoms with Crippen molar-refractivity contribution >= 4 is 39.8 Å². The number of halogens is 2. The van der Waals surface area contributed by atoms with Crippen LogP contribution in [-0.2, 0) is 14.6 Å². The lowest BCUT2D eigenvalue weighted by molar-refractivity contribution is -0.130. The number of carbonyl (C=O) groups excluding carboxylic acids is 1. The minimum absolute atomic E-state index is 0. The van der Waals surface area contributed by atoms with Gasteiger partial charge in [0.2, 0.25) is 5.91 Å². The lowest BCUT2D eigenvalue weighted by atomic mass is 10.1. The van der Waals surface area contributed by atoms with Gasteiger partial charge in [-0.15, -0.1) is 12.4 Å². The summed E-state index contributed by atoms with van der Waals surface area (Å²) in [7, 11) is -3.63. The molecule has 2 aliphatic heterocycles. The molecule has 23 heavy (non-hydrogen) atoms. The molecule has 1 amide bonds. The molecular weight excluding hydrogens is 359 g/mol. The van der Waals surface area contributed by atoms with E-state index in [2.05, 4.69) is 5.32 Å². The normalized spacial score (nSPS) is 24.0. The van der Waals surface area contributed by atoms with Gasteiger partial charge in [-0.3, -0.25) is 4.79 Å². The standard InChI is InChI=1S/C15H19ClN2O3S.ClH/c16-11-1-5-14(6-2-11)22(20,21)10-15(19)18-12-3-4-13(18)9-17-8-7-12;/h1-2,5-6,12-13,17H,3-4,7-10H2;1H. The van der Waals surface area contributed by atoms with Crippen LogP contribution in [0.5, 0.6) is 0 Å². The fourth-order valence-electron chi connectivity index (χ4n) is 3.35. The predicted molar refractivity (Wildman–Crippen MR) is 91.9 cm³/mol. The molecule has 2 atom stereocenters. The van der Waals surface area contributed by atoms with Crippen LogP contribution in [0.3, 0.4) is 0 Å². The maximum atomic E-state index is 12.6. The third-order valence-electron chi connectivity index (χ3n) is 4.43. The molecule has 3 rings (SSSR count). The number of amides is 1. The zero-order valence-corrected chi connectivity index (χ0v) is 15.0. The Balaban J connectivity index is 0.00000192. The number of sulfone groups is 1. The van der Waals surface area contributed by atoms with E-state index in [4.69, 9.17) is 11.6 Å². The zero-order chi connectivity index (χ0) is 15.7. The van der Waals surface area contributed by atoms with Gasteiger partial charge in [0.1, 0.15) is 5.75 Å². The Kier molecular flexibility index (Phi) is 5.94. The number of nitrogens with zero attached hydrogens (tertiary/aromatic N) is 1. The fourth-order valence-corrected chi connectivity index (χ4v) is 4.67. The Bertz CT molecular complexity index is 650. The first kappa shape index (κ1) is 18.5. The molecule has 2 unspecified atom stereocenters. The van der Waals surface area contributed by atoms with E-state index in [9.17, 15) is 13.2 Å². The Morgan fingerprint density at radius 2 is 1.83 bits per heavy atom. The maximum Gasteiger partial charge on any atom is 0.238 e. The Hall–Kier alpha value is -0.820. The van der Waals surface area contributed by atoms with Crippen molar-refractivity contribution in [3.63, 3.8) is 0 Å². The molecule has 2 heterocycles. The minimum Gasteiger partial charge on any atom is -0.335 e. The Morgan fingerprint density at radius 3 is 2.52 bits per heavy atom. The molecule has 1 aromatic carbocycles. The molecule has 1 N–H and O–H groups in total. The first-order valence-electron chi connectivity index (χ1n) is 7.47. The van der Waals surface area contributed by atoms with Gasteiger partial charge in [-0.2, -0.15) is 0 Å². The summed E-state index contributed by atoms with van der Waals surface area (Å²) < 4.78 is 24.8. The van der Waals surface area contributed by atoms with Gasteiger partial charge in [-0.1, -0.05) is 11.6 Å². The first-order valence-corrected chi connectivity index (χ1v) is 9.50. The molecule has 2 fully saturated rings. The summed E-state index contributed by atoms with van der Waals surface area (Å²) in [5, 5.41) is 3.78. The number of carbonyl (C=O) groups is 1. The van der Waals surface area contributed by atoms with Gasteiger partial charge in [-0.05, 0) is 50.1 Å². The summed E-state index contributed by atoms with van der Waals surface area (Å²) in [6.45, 7) is 1.64. The van der Waals surface area contributed by atoms with Crippen LogP contribution in [0.25, 0.3) is 0 Å². The van der Waals surface area contributed by atoms with Crippen molar-refractivity contribution in [3.8, 4) is 0 Å². The smallest absolute Gasteiger partial charge is 0.238 e. The number of fused-ring (bicyclic) bond motifs is 2. The van der Waals surface area contributed by atoms with Crippen LogP contribution in [0.15, 0.2) is 29.2 Å². The van der Waals surface area contributed by atoms with Crippen LogP contribution in [0.1, 0.15) is 19.3 Å². The summed E-state index contributed by atoms with van der Waals surface area (Å²) in [4.78, 5) is 14.5. The van der Waals surface area contributed by atoms with Crippen molar-refractivity contribution in [2.24, 2.45) is 0 Å². The molecular formula is C15H20Cl2N2O3S. The van der Waals surface area contributed by atoms with Crippen LogP contribution < -0.4 is 5.32 Å². The average molecular weight is 379 g/mol. The van der Waals surface area contributed by atoms with Gasteiger partial charge < -0.3 is 10.2 Å². The van der Waals surface area contributed by atoms with Crippen molar-refractivity contribution in [2.45, 2.75) is 36.2 Å². The van der Waals surface area contributed by atoms with E-state index < -0.39 is 15.6 Å². The second-order valence-electron chi connectivity index (χ2n) is 5.89. The lowest BCUT2D eigenvalue weighted by Crippen LogP contribution is -2.45. The summed E-state index contributed by atoms with van der Waals surface area (Å²) in [6, 6.07) is 6.25. The topological polar surface area (TPSA) is 66.5 Å². The van der Waals surface area contributed by atoms with E-state index in [1.54, 1.807) is 4.90 Å². The maximum absolute atomic E-state index is 12.6. The highest BCUT2D eigenvalue weighted by Crippen LogP contribution is 2.28. The predicted octanol–water partition coefficient (Wildman–Crippen LogP) is 1.89. The van der Waals surface area contributed by atoms with Crippen molar-refractivity contribution in [1.29, 1.82) is 0 Å². The number of hydrogen-bond acceptors (Lipinski definition) is 4. The third kappa shape index (κ3) is 3.99. The van der Waals surface area contributed by atoms with Gasteiger partial charge >= 0.3 is 0 Å². The number of nitrogens with one attached hydrogen (secondary N) is 1. The van der Waals surface area contributed by atoms with Crippen LogP contribution in [0, 0.1) is 0 Å². The molecule has 2 aliphatic rings. The quantitative estimate of drug-likeness (QED) is 0.871. The Labute approximate surface area is 147 Å². The second-order valence-corrected chi connectivity index (χ2v) is 8.32. The average Bonchev–Trinajstić information content (AvgIpc) is 2.72. The van der Waals surface area contributed by atoms with Gasteiger partial charge in [-0.25, -0.2) is 8.42 Å². The van der Waals surface area contributed by atoms with E-state index in [-0.39, 0.29) is 35.3 Å². The number of benzene rings is 1. The SMILES string of the molecule is Cl.O=C(CS(=O)(=O)c1ccc(Cl)cc1)N1C2CCNCC1CC2. The molecule has 128 valence electrons. The molecule has 5 nitrogen and oxygen atoms in total. The fraction of sp³-hybridized carbons (Fsp3) is 0.533. The van der Waals surface area contributed by atoms with Crippen molar-refractivity contribution < 1.29 is 13.2 Å². The highest BCUT2D eigenvalue weighted by Gasteiger charge is 2.39. The van der Waals surface area contributed by atoms with Crippen LogP contribution in [0.4, 0.5) is 0 Å². The molecule has 0 aliphatic carbocycles. The molecule has 2 saturated heterocycles. The summed E-state index contributed by atoms with van der Waals surface area (Å²) in [5.41, 5.74) is 0. The number of rotatable bonds is 3. The monoisotopic (exact) mass is 378 g/mol. The van der Waals surface area contributed by atoms with Gasteiger partial charge in [0, 0.05) is 23.7 Å². The van der Waals surface area contributed by atoms with Crippen molar-refractivity contribution in [1.82, 2.24) is 10.2 Å². The molecule has 2 bridgehead atoms. The molecule has 0 spiro atoms. The van der Waals surface area contributed by atoms with Crippen LogP contribution in [-0.4, -0.2) is 50.2 Å². The molecule has 8 heteroatoms. The summed E-state index contributed by atoms with van der Waals surface area (Å²) in [5.74, 6) is -0.757. The lowest BCUT2D eigenvalue weighted by Gasteiger charge is -2.27. The van der Waals surface area contributed by atoms with E-state index >= 15 is 0 Å². The third-order valence-corrected chi connectivity index (χ3v) is 6.30. The highest BCUT2D eigenvalue weighted by molar-refractivity contribution is 7.92. The van der Waals surface area contributed by atoms with Crippen molar-refractivity contribution in [2.75, 3.05) is 18.8 Å². The van der Waals surface area contributed by atoms with Gasteiger partial charge in [0.25, 0.3) is 0 Å². The zero-order valence-electron chi connectivity index (χ0n) is 12.6. The minimum atomic E-state index is -3.63. The molecule has 0 saturated carbocycles. The van der Waals surface area contributed by atoms with Crippen LogP contribution in [0.2, 0.25) is 5.02 Å². The van der Waals surface area contributed by atoms with E-state index in [1.807, 2.05) is 0 Å². The van der Waals surface area contributed by atoms with Gasteiger partial charge in [0.15, 0.2) is 9.84 Å². The highest BCUT2D eigenvalue weighted by atomic mass is 35.5. The molecule has 1 aromatic rings. The van der Waals surface area contributed by atoms with Gasteiger partial charge in [0.05, 0.1) is 4.90 Å². The largest absolute Gasteiger partial charge is 0.335 e. The van der Waals surface area contributed by atoms with E-state index in [0.29, 0.717) is 5.02 Å². The van der Waals surface area contributed by atoms with E-state index in [1.165, 1.54) is 24.3 Å². The van der Waals surface area contributed by atoms with Crippen molar-refractivity contribution in [3.05, 3.63) is 29.3 Å². The summed E-state index contributed by atoms with van der Waals surface area (Å²) in [6.07, 6.45) is 2.81. The Morgan fingerprint density at radius 1 is 1.17 bits per heavy atom. The first-order chi connectivity index (χ1) is 10.5. The second kappa shape index (κ2) is 7.38. The van der Waals surface area contributed by atoms with E-state index in [0.717, 1.165) is 32.4 Å².